The average Bonchev–Trinajstić information content (AvgIpc) is 3.16. The third kappa shape index (κ3) is 2.42. The fraction of sp³-hybridized carbons (Fsp3) is 0.0556. The molecule has 4 rings (SSSR count). The van der Waals surface area contributed by atoms with Gasteiger partial charge in [0.1, 0.15) is 29.4 Å². The number of aromatic amines is 1. The van der Waals surface area contributed by atoms with Crippen LogP contribution in [0, 0.1) is 0 Å². The van der Waals surface area contributed by atoms with E-state index in [-0.39, 0.29) is 12.3 Å². The van der Waals surface area contributed by atoms with Crippen LogP contribution in [0.15, 0.2) is 59.0 Å². The highest BCUT2D eigenvalue weighted by atomic mass is 16.5. The van der Waals surface area contributed by atoms with Crippen LogP contribution in [-0.2, 0) is 6.61 Å². The highest BCUT2D eigenvalue weighted by molar-refractivity contribution is 5.96. The highest BCUT2D eigenvalue weighted by Crippen LogP contribution is 2.28. The molecule has 4 aromatic rings. The molecule has 0 unspecified atom stereocenters. The number of carboxylic acid groups (broad SMARTS) is 1. The number of hydrogen-bond donors (Lipinski definition) is 2. The molecule has 0 bridgehead atoms. The molecule has 0 fully saturated rings. The van der Waals surface area contributed by atoms with Crippen LogP contribution in [0.2, 0.25) is 0 Å². The summed E-state index contributed by atoms with van der Waals surface area (Å²) in [4.78, 5) is 13.9. The first-order chi connectivity index (χ1) is 11.2. The van der Waals surface area contributed by atoms with Gasteiger partial charge in [0.2, 0.25) is 0 Å². The number of hydrogen-bond acceptors (Lipinski definition) is 3. The normalized spacial score (nSPS) is 11.1. The Morgan fingerprint density at radius 1 is 1.13 bits per heavy atom. The van der Waals surface area contributed by atoms with E-state index >= 15 is 0 Å². The average molecular weight is 307 g/mol. The molecule has 2 N–H and O–H groups in total. The van der Waals surface area contributed by atoms with Gasteiger partial charge in [-0.2, -0.15) is 0 Å². The summed E-state index contributed by atoms with van der Waals surface area (Å²) in [5.74, 6) is 0.341. The van der Waals surface area contributed by atoms with Crippen molar-refractivity contribution in [3.05, 3.63) is 66.1 Å². The van der Waals surface area contributed by atoms with Crippen LogP contribution in [0.25, 0.3) is 21.9 Å². The molecule has 5 nitrogen and oxygen atoms in total. The second kappa shape index (κ2) is 5.21. The number of furan rings is 1. The number of aromatic carboxylic acids is 1. The number of benzene rings is 2. The van der Waals surface area contributed by atoms with Gasteiger partial charge in [-0.15, -0.1) is 0 Å². The molecule has 0 aliphatic rings. The summed E-state index contributed by atoms with van der Waals surface area (Å²) >= 11 is 0. The predicted octanol–water partition coefficient (Wildman–Crippen LogP) is 4.19. The monoisotopic (exact) mass is 307 g/mol. The Hall–Kier alpha value is -3.21. The molecule has 0 radical (unpaired) electrons. The molecule has 0 saturated carbocycles. The van der Waals surface area contributed by atoms with E-state index in [1.165, 1.54) is 0 Å². The van der Waals surface area contributed by atoms with Crippen LogP contribution in [0.1, 0.15) is 16.2 Å². The lowest BCUT2D eigenvalue weighted by Crippen LogP contribution is -1.94. The summed E-state index contributed by atoms with van der Waals surface area (Å²) in [5, 5.41) is 10.8. The Morgan fingerprint density at radius 2 is 2.00 bits per heavy atom. The number of rotatable bonds is 4. The Bertz CT molecular complexity index is 979. The first-order valence-corrected chi connectivity index (χ1v) is 7.16. The van der Waals surface area contributed by atoms with E-state index in [9.17, 15) is 4.79 Å². The maximum absolute atomic E-state index is 11.1. The SMILES string of the molecule is O=C(O)c1cc2c(OCc3cc4ccccc4o3)cccc2[nH]1. The number of para-hydroxylation sites is 1. The maximum atomic E-state index is 11.1. The van der Waals surface area contributed by atoms with Crippen molar-refractivity contribution >= 4 is 27.8 Å². The lowest BCUT2D eigenvalue weighted by atomic mass is 10.2. The van der Waals surface area contributed by atoms with E-state index in [1.54, 1.807) is 6.07 Å². The van der Waals surface area contributed by atoms with Gasteiger partial charge >= 0.3 is 5.97 Å². The molecule has 0 aliphatic heterocycles. The first kappa shape index (κ1) is 13.5. The van der Waals surface area contributed by atoms with E-state index in [4.69, 9.17) is 14.3 Å². The number of fused-ring (bicyclic) bond motifs is 2. The summed E-state index contributed by atoms with van der Waals surface area (Å²) < 4.78 is 11.5. The van der Waals surface area contributed by atoms with Gasteiger partial charge in [0.05, 0.1) is 0 Å². The van der Waals surface area contributed by atoms with Crippen molar-refractivity contribution in [2.75, 3.05) is 0 Å². The van der Waals surface area contributed by atoms with Crippen molar-refractivity contribution in [1.29, 1.82) is 0 Å². The minimum atomic E-state index is -0.996. The second-order valence-corrected chi connectivity index (χ2v) is 5.24. The largest absolute Gasteiger partial charge is 0.485 e. The van der Waals surface area contributed by atoms with E-state index in [1.807, 2.05) is 48.5 Å². The molecule has 2 aromatic carbocycles. The topological polar surface area (TPSA) is 75.5 Å². The molecule has 23 heavy (non-hydrogen) atoms. The van der Waals surface area contributed by atoms with E-state index < -0.39 is 5.97 Å². The summed E-state index contributed by atoms with van der Waals surface area (Å²) in [6.07, 6.45) is 0. The third-order valence-electron chi connectivity index (χ3n) is 3.70. The van der Waals surface area contributed by atoms with Gasteiger partial charge in [-0.1, -0.05) is 24.3 Å². The molecule has 2 heterocycles. The fourth-order valence-electron chi connectivity index (χ4n) is 2.63. The molecule has 0 amide bonds. The highest BCUT2D eigenvalue weighted by Gasteiger charge is 2.11. The maximum Gasteiger partial charge on any atom is 0.352 e. The van der Waals surface area contributed by atoms with Crippen LogP contribution in [0.4, 0.5) is 0 Å². The number of aromatic nitrogens is 1. The van der Waals surface area contributed by atoms with Crippen LogP contribution >= 0.6 is 0 Å². The first-order valence-electron chi connectivity index (χ1n) is 7.16. The van der Waals surface area contributed by atoms with Gasteiger partial charge in [0.15, 0.2) is 0 Å². The van der Waals surface area contributed by atoms with Gasteiger partial charge in [-0.3, -0.25) is 0 Å². The Morgan fingerprint density at radius 3 is 2.83 bits per heavy atom. The third-order valence-corrected chi connectivity index (χ3v) is 3.70. The number of carbonyl (C=O) groups is 1. The van der Waals surface area contributed by atoms with Crippen LogP contribution in [0.3, 0.4) is 0 Å². The summed E-state index contributed by atoms with van der Waals surface area (Å²) in [6.45, 7) is 0.279. The van der Waals surface area contributed by atoms with E-state index in [0.29, 0.717) is 5.75 Å². The Kier molecular flexibility index (Phi) is 3.05. The number of H-pyrrole nitrogens is 1. The Labute approximate surface area is 131 Å². The lowest BCUT2D eigenvalue weighted by Gasteiger charge is -2.05. The number of ether oxygens (including phenoxy) is 1. The van der Waals surface area contributed by atoms with E-state index in [0.717, 1.165) is 27.6 Å². The quantitative estimate of drug-likeness (QED) is 0.592. The molecule has 5 heteroatoms. The number of carboxylic acids is 1. The van der Waals surface area contributed by atoms with Gasteiger partial charge in [-0.25, -0.2) is 4.79 Å². The minimum Gasteiger partial charge on any atom is -0.485 e. The van der Waals surface area contributed by atoms with Gasteiger partial charge < -0.3 is 19.2 Å². The summed E-state index contributed by atoms with van der Waals surface area (Å²) in [6, 6.07) is 16.7. The van der Waals surface area contributed by atoms with Gasteiger partial charge in [0.25, 0.3) is 0 Å². The molecule has 0 atom stereocenters. The fourth-order valence-corrected chi connectivity index (χ4v) is 2.63. The molecule has 0 spiro atoms. The standard InChI is InChI=1S/C18H13NO4/c20-18(21)15-9-13-14(19-15)5-3-7-17(13)22-10-12-8-11-4-1-2-6-16(11)23-12/h1-9,19H,10H2,(H,20,21). The zero-order valence-corrected chi connectivity index (χ0v) is 12.1. The van der Waals surface area contributed by atoms with Crippen LogP contribution < -0.4 is 4.74 Å². The Balaban J connectivity index is 1.63. The predicted molar refractivity (Wildman–Crippen MR) is 85.8 cm³/mol. The van der Waals surface area contributed by atoms with Crippen molar-refractivity contribution in [1.82, 2.24) is 4.98 Å². The van der Waals surface area contributed by atoms with Crippen LogP contribution in [0.5, 0.6) is 5.75 Å². The zero-order chi connectivity index (χ0) is 15.8. The second-order valence-electron chi connectivity index (χ2n) is 5.24. The van der Waals surface area contributed by atoms with Gasteiger partial charge in [0, 0.05) is 16.3 Å². The molecular formula is C18H13NO4. The van der Waals surface area contributed by atoms with Crippen molar-refractivity contribution in [2.45, 2.75) is 6.61 Å². The van der Waals surface area contributed by atoms with Crippen molar-refractivity contribution in [3.8, 4) is 5.75 Å². The summed E-state index contributed by atoms with van der Waals surface area (Å²) in [7, 11) is 0. The molecule has 0 saturated heterocycles. The summed E-state index contributed by atoms with van der Waals surface area (Å²) in [5.41, 5.74) is 1.68. The molecular weight excluding hydrogens is 294 g/mol. The minimum absolute atomic E-state index is 0.139. The molecule has 2 aromatic heterocycles. The van der Waals surface area contributed by atoms with Crippen molar-refractivity contribution < 1.29 is 19.1 Å². The van der Waals surface area contributed by atoms with Crippen LogP contribution in [-0.4, -0.2) is 16.1 Å². The van der Waals surface area contributed by atoms with E-state index in [2.05, 4.69) is 4.98 Å². The van der Waals surface area contributed by atoms with Gasteiger partial charge in [-0.05, 0) is 30.3 Å². The molecule has 114 valence electrons. The number of nitrogens with one attached hydrogen (secondary N) is 1. The zero-order valence-electron chi connectivity index (χ0n) is 12.1. The van der Waals surface area contributed by atoms with Crippen molar-refractivity contribution in [2.24, 2.45) is 0 Å². The van der Waals surface area contributed by atoms with Crippen molar-refractivity contribution in [3.63, 3.8) is 0 Å². The lowest BCUT2D eigenvalue weighted by molar-refractivity contribution is 0.0691. The molecule has 0 aliphatic carbocycles. The smallest absolute Gasteiger partial charge is 0.352 e.